The van der Waals surface area contributed by atoms with Crippen molar-refractivity contribution in [1.82, 2.24) is 25.3 Å². The molecular weight excluding hydrogens is 404 g/mol. The van der Waals surface area contributed by atoms with Crippen LogP contribution >= 0.6 is 0 Å². The lowest BCUT2D eigenvalue weighted by Gasteiger charge is -2.05. The molecule has 0 saturated heterocycles. The van der Waals surface area contributed by atoms with Gasteiger partial charge in [0, 0.05) is 33.6 Å². The Kier molecular flexibility index (Phi) is 5.28. The number of fused-ring (bicyclic) bond motifs is 8. The Morgan fingerprint density at radius 1 is 0.844 bits per heavy atom. The molecule has 2 aliphatic rings. The second kappa shape index (κ2) is 8.39. The molecule has 5 heterocycles. The number of ketones is 1. The van der Waals surface area contributed by atoms with E-state index in [-0.39, 0.29) is 24.8 Å². The number of hydrogen-bond acceptors (Lipinski definition) is 5. The number of amides is 1. The average molecular weight is 428 g/mol. The van der Waals surface area contributed by atoms with Crippen LogP contribution in [0.15, 0.2) is 42.5 Å². The summed E-state index contributed by atoms with van der Waals surface area (Å²) in [5.41, 5.74) is 13.0. The van der Waals surface area contributed by atoms with E-state index in [9.17, 15) is 9.59 Å². The summed E-state index contributed by atoms with van der Waals surface area (Å²) in [6.07, 6.45) is 3.15. The van der Waals surface area contributed by atoms with Gasteiger partial charge in [0.25, 0.3) is 0 Å². The van der Waals surface area contributed by atoms with E-state index in [0.29, 0.717) is 17.5 Å². The first kappa shape index (κ1) is 20.1. The van der Waals surface area contributed by atoms with Gasteiger partial charge in [-0.25, -0.2) is 0 Å². The number of nitrogens with two attached hydrogens (primary N) is 1. The maximum absolute atomic E-state index is 13.1. The molecule has 1 amide bonds. The molecule has 3 aromatic heterocycles. The third-order valence-electron chi connectivity index (χ3n) is 5.70. The lowest BCUT2D eigenvalue weighted by Crippen LogP contribution is -2.34. The van der Waals surface area contributed by atoms with Gasteiger partial charge in [0.05, 0.1) is 29.9 Å². The predicted molar refractivity (Wildman–Crippen MR) is 122 cm³/mol. The van der Waals surface area contributed by atoms with Gasteiger partial charge in [-0.2, -0.15) is 0 Å². The minimum absolute atomic E-state index is 0.123. The smallest absolute Gasteiger partial charge is 0.234 e. The molecule has 162 valence electrons. The molecular formula is C24H24N6O2. The number of aromatic nitrogens is 4. The number of H-pyrrole nitrogens is 2. The van der Waals surface area contributed by atoms with Crippen LogP contribution in [-0.4, -0.2) is 44.7 Å². The van der Waals surface area contributed by atoms with Crippen molar-refractivity contribution in [1.29, 1.82) is 0 Å². The quantitative estimate of drug-likeness (QED) is 0.473. The number of nitrogens with one attached hydrogen (secondary N) is 3. The van der Waals surface area contributed by atoms with Crippen molar-refractivity contribution in [2.75, 3.05) is 13.1 Å². The zero-order valence-corrected chi connectivity index (χ0v) is 17.6. The summed E-state index contributed by atoms with van der Waals surface area (Å²) in [7, 11) is 0. The number of Topliss-reactive ketones (excluding diaryl/α,β-unsaturated/α-hetero) is 1. The van der Waals surface area contributed by atoms with Crippen LogP contribution in [0.5, 0.6) is 0 Å². The van der Waals surface area contributed by atoms with Crippen LogP contribution in [0.4, 0.5) is 0 Å². The van der Waals surface area contributed by atoms with E-state index < -0.39 is 0 Å². The fourth-order valence-corrected chi connectivity index (χ4v) is 4.16. The number of hydrogen-bond donors (Lipinski definition) is 4. The summed E-state index contributed by atoms with van der Waals surface area (Å²) >= 11 is 0. The fourth-order valence-electron chi connectivity index (χ4n) is 4.16. The molecule has 8 bridgehead atoms. The summed E-state index contributed by atoms with van der Waals surface area (Å²) in [4.78, 5) is 40.9. The highest BCUT2D eigenvalue weighted by Gasteiger charge is 2.19. The number of nitrogens with zero attached hydrogens (tertiary/aromatic N) is 2. The van der Waals surface area contributed by atoms with Crippen LogP contribution in [0.3, 0.4) is 0 Å². The molecule has 0 unspecified atom stereocenters. The minimum Gasteiger partial charge on any atom is -0.355 e. The van der Waals surface area contributed by atoms with Gasteiger partial charge in [-0.15, -0.1) is 0 Å². The Hall–Kier alpha value is -3.78. The Labute approximate surface area is 184 Å². The first-order chi connectivity index (χ1) is 15.6. The lowest BCUT2D eigenvalue weighted by molar-refractivity contribution is -0.119. The number of carbonyl (C=O) groups excluding carboxylic acids is 2. The summed E-state index contributed by atoms with van der Waals surface area (Å²) in [6, 6.07) is 14.0. The van der Waals surface area contributed by atoms with Gasteiger partial charge in [0.1, 0.15) is 0 Å². The van der Waals surface area contributed by atoms with Crippen LogP contribution in [0.2, 0.25) is 0 Å². The van der Waals surface area contributed by atoms with Gasteiger partial charge in [-0.3, -0.25) is 19.6 Å². The molecule has 32 heavy (non-hydrogen) atoms. The molecule has 0 aliphatic carbocycles. The zero-order valence-electron chi connectivity index (χ0n) is 17.6. The molecule has 0 spiro atoms. The van der Waals surface area contributed by atoms with Crippen molar-refractivity contribution in [3.8, 4) is 0 Å². The van der Waals surface area contributed by atoms with Crippen molar-refractivity contribution >= 4 is 33.8 Å². The van der Waals surface area contributed by atoms with E-state index in [4.69, 9.17) is 15.7 Å². The van der Waals surface area contributed by atoms with Gasteiger partial charge in [-0.05, 0) is 68.1 Å². The largest absolute Gasteiger partial charge is 0.355 e. The second-order valence-electron chi connectivity index (χ2n) is 8.05. The topological polar surface area (TPSA) is 130 Å². The van der Waals surface area contributed by atoms with E-state index in [1.165, 1.54) is 0 Å². The minimum atomic E-state index is -0.368. The molecule has 5 N–H and O–H groups in total. The maximum atomic E-state index is 13.1. The van der Waals surface area contributed by atoms with Gasteiger partial charge in [-0.1, -0.05) is 0 Å². The molecule has 0 fully saturated rings. The van der Waals surface area contributed by atoms with E-state index in [2.05, 4.69) is 21.4 Å². The van der Waals surface area contributed by atoms with E-state index in [1.807, 2.05) is 36.4 Å². The summed E-state index contributed by atoms with van der Waals surface area (Å²) in [5, 5.41) is 2.57. The Balaban J connectivity index is 1.72. The van der Waals surface area contributed by atoms with Gasteiger partial charge in [0.15, 0.2) is 5.78 Å². The maximum Gasteiger partial charge on any atom is 0.234 e. The Morgan fingerprint density at radius 2 is 1.44 bits per heavy atom. The fraction of sp³-hybridized carbons (Fsp3) is 0.250. The normalized spacial score (nSPS) is 13.2. The first-order valence-corrected chi connectivity index (χ1v) is 10.7. The number of carbonyl (C=O) groups is 2. The summed E-state index contributed by atoms with van der Waals surface area (Å²) < 4.78 is 0. The van der Waals surface area contributed by atoms with Crippen LogP contribution in [-0.2, 0) is 30.5 Å². The van der Waals surface area contributed by atoms with Gasteiger partial charge in [0.2, 0.25) is 5.91 Å². The highest BCUT2D eigenvalue weighted by Crippen LogP contribution is 2.21. The van der Waals surface area contributed by atoms with E-state index >= 15 is 0 Å². The second-order valence-corrected chi connectivity index (χ2v) is 8.05. The standard InChI is InChI=1S/C24H24N6O2/c25-12-23(32)26-13-22(31)24-20-7-5-18(29-20)10-16-3-1-14(27-16)9-15-2-4-17(28-15)11-19-6-8-21(24)30-19/h1,3,6,8-11,27,30H,2,4-5,7,12-13,25H2,(H,26,32). The number of rotatable bonds is 4. The molecule has 8 nitrogen and oxygen atoms in total. The van der Waals surface area contributed by atoms with E-state index in [0.717, 1.165) is 58.6 Å². The van der Waals surface area contributed by atoms with Gasteiger partial charge >= 0.3 is 0 Å². The molecule has 2 aliphatic heterocycles. The third kappa shape index (κ3) is 4.17. The highest BCUT2D eigenvalue weighted by atomic mass is 16.2. The number of aryl methyl sites for hydroxylation is 4. The van der Waals surface area contributed by atoms with Crippen molar-refractivity contribution in [3.63, 3.8) is 0 Å². The molecule has 5 rings (SSSR count). The molecule has 0 aromatic carbocycles. The van der Waals surface area contributed by atoms with Crippen LogP contribution in [0.1, 0.15) is 33.1 Å². The predicted octanol–water partition coefficient (Wildman–Crippen LogP) is 2.14. The van der Waals surface area contributed by atoms with E-state index in [1.54, 1.807) is 0 Å². The SMILES string of the molecule is NCC(=O)NCC(=O)c1c2nc(cc3ccc(cc4nc(cc5ccc1[nH]5)CC4)[nH]3)CC2. The molecule has 0 atom stereocenters. The van der Waals surface area contributed by atoms with Crippen molar-refractivity contribution in [2.24, 2.45) is 5.73 Å². The van der Waals surface area contributed by atoms with Crippen molar-refractivity contribution in [2.45, 2.75) is 25.7 Å². The summed E-state index contributed by atoms with van der Waals surface area (Å²) in [5.74, 6) is -0.570. The third-order valence-corrected chi connectivity index (χ3v) is 5.70. The zero-order chi connectivity index (χ0) is 22.1. The molecule has 8 heteroatoms. The monoisotopic (exact) mass is 428 g/mol. The Bertz CT molecular complexity index is 1370. The molecule has 3 aromatic rings. The lowest BCUT2D eigenvalue weighted by atomic mass is 10.1. The van der Waals surface area contributed by atoms with Crippen LogP contribution in [0, 0.1) is 0 Å². The number of aromatic amines is 2. The first-order valence-electron chi connectivity index (χ1n) is 10.7. The molecule has 0 radical (unpaired) electrons. The van der Waals surface area contributed by atoms with Gasteiger partial charge < -0.3 is 21.0 Å². The molecule has 0 saturated carbocycles. The van der Waals surface area contributed by atoms with Crippen LogP contribution in [0.25, 0.3) is 22.1 Å². The average Bonchev–Trinajstić information content (AvgIpc) is 3.57. The van der Waals surface area contributed by atoms with Crippen molar-refractivity contribution in [3.05, 3.63) is 70.8 Å². The van der Waals surface area contributed by atoms with Crippen molar-refractivity contribution < 1.29 is 9.59 Å². The van der Waals surface area contributed by atoms with Crippen LogP contribution < -0.4 is 11.1 Å². The highest BCUT2D eigenvalue weighted by molar-refractivity contribution is 6.05. The summed E-state index contributed by atoms with van der Waals surface area (Å²) in [6.45, 7) is -0.281. The Morgan fingerprint density at radius 3 is 2.12 bits per heavy atom.